The largest absolute Gasteiger partial charge is 0.464 e. The van der Waals surface area contributed by atoms with Crippen LogP contribution < -0.4 is 0 Å². The molecule has 1 nitrogen and oxygen atoms in total. The van der Waals surface area contributed by atoms with Crippen molar-refractivity contribution in [3.63, 3.8) is 0 Å². The van der Waals surface area contributed by atoms with Gasteiger partial charge < -0.3 is 4.42 Å². The minimum Gasteiger partial charge on any atom is -0.464 e. The zero-order valence-corrected chi connectivity index (χ0v) is 11.0. The summed E-state index contributed by atoms with van der Waals surface area (Å²) in [5, 5.41) is 3.77. The molecular weight excluding hydrogens is 244 g/mol. The fourth-order valence-electron chi connectivity index (χ4n) is 2.82. The van der Waals surface area contributed by atoms with Gasteiger partial charge in [-0.2, -0.15) is 0 Å². The molecule has 0 fully saturated rings. The summed E-state index contributed by atoms with van der Waals surface area (Å²) in [5.41, 5.74) is 3.53. The lowest BCUT2D eigenvalue weighted by atomic mass is 10.00. The number of furan rings is 1. The summed E-state index contributed by atoms with van der Waals surface area (Å²) in [4.78, 5) is 0. The lowest BCUT2D eigenvalue weighted by Gasteiger charge is -2.02. The van der Waals surface area contributed by atoms with E-state index in [0.717, 1.165) is 12.0 Å². The highest BCUT2D eigenvalue weighted by atomic mass is 16.3. The molecule has 0 aliphatic rings. The SMILES string of the molecule is c1ccc(Cc2coc3ccc4ccccc4c23)cc1. The van der Waals surface area contributed by atoms with Gasteiger partial charge in [0.25, 0.3) is 0 Å². The Hall–Kier alpha value is -2.54. The van der Waals surface area contributed by atoms with Crippen molar-refractivity contribution in [3.8, 4) is 0 Å². The van der Waals surface area contributed by atoms with E-state index in [-0.39, 0.29) is 0 Å². The zero-order valence-electron chi connectivity index (χ0n) is 11.0. The molecule has 1 aromatic heterocycles. The molecule has 1 heteroatoms. The first-order valence-corrected chi connectivity index (χ1v) is 6.83. The molecule has 0 saturated heterocycles. The summed E-state index contributed by atoms with van der Waals surface area (Å²) in [6.45, 7) is 0. The molecule has 4 aromatic rings. The van der Waals surface area contributed by atoms with Crippen LogP contribution >= 0.6 is 0 Å². The van der Waals surface area contributed by atoms with Crippen LogP contribution in [0.4, 0.5) is 0 Å². The molecule has 0 bridgehead atoms. The average molecular weight is 258 g/mol. The normalized spacial score (nSPS) is 11.2. The number of hydrogen-bond acceptors (Lipinski definition) is 1. The highest BCUT2D eigenvalue weighted by Gasteiger charge is 2.09. The van der Waals surface area contributed by atoms with Crippen molar-refractivity contribution in [2.24, 2.45) is 0 Å². The predicted octanol–water partition coefficient (Wildman–Crippen LogP) is 5.18. The van der Waals surface area contributed by atoms with E-state index < -0.39 is 0 Å². The molecule has 1 heterocycles. The number of fused-ring (bicyclic) bond motifs is 3. The van der Waals surface area contributed by atoms with E-state index in [1.54, 1.807) is 0 Å². The summed E-state index contributed by atoms with van der Waals surface area (Å²) in [7, 11) is 0. The van der Waals surface area contributed by atoms with Gasteiger partial charge in [0.1, 0.15) is 5.58 Å². The standard InChI is InChI=1S/C19H14O/c1-2-6-14(7-3-1)12-16-13-20-18-11-10-15-8-4-5-9-17(15)19(16)18/h1-11,13H,12H2. The van der Waals surface area contributed by atoms with Crippen molar-refractivity contribution >= 4 is 21.7 Å². The first kappa shape index (κ1) is 11.3. The van der Waals surface area contributed by atoms with Gasteiger partial charge in [0.2, 0.25) is 0 Å². The summed E-state index contributed by atoms with van der Waals surface area (Å²) < 4.78 is 5.73. The third-order valence-electron chi connectivity index (χ3n) is 3.78. The molecule has 0 radical (unpaired) electrons. The molecule has 0 N–H and O–H groups in total. The maximum Gasteiger partial charge on any atom is 0.134 e. The Morgan fingerprint density at radius 3 is 2.45 bits per heavy atom. The summed E-state index contributed by atoms with van der Waals surface area (Å²) >= 11 is 0. The third-order valence-corrected chi connectivity index (χ3v) is 3.78. The van der Waals surface area contributed by atoms with E-state index in [2.05, 4.69) is 60.7 Å². The van der Waals surface area contributed by atoms with Crippen molar-refractivity contribution in [2.45, 2.75) is 6.42 Å². The number of rotatable bonds is 2. The van der Waals surface area contributed by atoms with Crippen LogP contribution in [-0.2, 0) is 6.42 Å². The molecule has 0 atom stereocenters. The summed E-state index contributed by atoms with van der Waals surface area (Å²) in [6, 6.07) is 23.2. The lowest BCUT2D eigenvalue weighted by molar-refractivity contribution is 0.612. The van der Waals surface area contributed by atoms with Gasteiger partial charge in [0.05, 0.1) is 6.26 Å². The highest BCUT2D eigenvalue weighted by molar-refractivity contribution is 6.07. The van der Waals surface area contributed by atoms with Gasteiger partial charge >= 0.3 is 0 Å². The van der Waals surface area contributed by atoms with Crippen molar-refractivity contribution in [2.75, 3.05) is 0 Å². The quantitative estimate of drug-likeness (QED) is 0.483. The molecule has 96 valence electrons. The van der Waals surface area contributed by atoms with Gasteiger partial charge in [-0.25, -0.2) is 0 Å². The molecule has 4 rings (SSSR count). The molecule has 0 spiro atoms. The molecule has 20 heavy (non-hydrogen) atoms. The highest BCUT2D eigenvalue weighted by Crippen LogP contribution is 2.30. The molecule has 0 aliphatic carbocycles. The van der Waals surface area contributed by atoms with Gasteiger partial charge in [-0.1, -0.05) is 60.7 Å². The Morgan fingerprint density at radius 1 is 0.750 bits per heavy atom. The maximum atomic E-state index is 5.73. The predicted molar refractivity (Wildman–Crippen MR) is 83.0 cm³/mol. The van der Waals surface area contributed by atoms with E-state index in [1.165, 1.54) is 27.3 Å². The second kappa shape index (κ2) is 4.53. The third kappa shape index (κ3) is 1.79. The van der Waals surface area contributed by atoms with Crippen molar-refractivity contribution in [3.05, 3.63) is 84.1 Å². The second-order valence-electron chi connectivity index (χ2n) is 5.08. The zero-order chi connectivity index (χ0) is 13.4. The average Bonchev–Trinajstić information content (AvgIpc) is 2.92. The molecule has 0 saturated carbocycles. The van der Waals surface area contributed by atoms with Crippen LogP contribution in [0.5, 0.6) is 0 Å². The fourth-order valence-corrected chi connectivity index (χ4v) is 2.82. The lowest BCUT2D eigenvalue weighted by Crippen LogP contribution is -1.86. The first-order valence-electron chi connectivity index (χ1n) is 6.83. The number of hydrogen-bond donors (Lipinski definition) is 0. The van der Waals surface area contributed by atoms with E-state index in [9.17, 15) is 0 Å². The number of benzene rings is 3. The van der Waals surface area contributed by atoms with Gasteiger partial charge in [-0.3, -0.25) is 0 Å². The van der Waals surface area contributed by atoms with Gasteiger partial charge in [-0.15, -0.1) is 0 Å². The summed E-state index contributed by atoms with van der Waals surface area (Å²) in [6.07, 6.45) is 2.80. The van der Waals surface area contributed by atoms with Gasteiger partial charge in [-0.05, 0) is 22.4 Å². The van der Waals surface area contributed by atoms with Crippen LogP contribution in [0, 0.1) is 0 Å². The Kier molecular flexibility index (Phi) is 2.56. The van der Waals surface area contributed by atoms with Crippen LogP contribution in [0.3, 0.4) is 0 Å². The van der Waals surface area contributed by atoms with Crippen LogP contribution in [0.25, 0.3) is 21.7 Å². The van der Waals surface area contributed by atoms with E-state index in [0.29, 0.717) is 0 Å². The summed E-state index contributed by atoms with van der Waals surface area (Å²) in [5.74, 6) is 0. The maximum absolute atomic E-state index is 5.73. The Bertz CT molecular complexity index is 872. The topological polar surface area (TPSA) is 13.1 Å². The minimum absolute atomic E-state index is 0.905. The second-order valence-corrected chi connectivity index (χ2v) is 5.08. The van der Waals surface area contributed by atoms with Crippen molar-refractivity contribution in [1.82, 2.24) is 0 Å². The van der Waals surface area contributed by atoms with E-state index >= 15 is 0 Å². The van der Waals surface area contributed by atoms with Crippen molar-refractivity contribution < 1.29 is 4.42 Å². The van der Waals surface area contributed by atoms with Crippen LogP contribution in [0.2, 0.25) is 0 Å². The molecule has 0 unspecified atom stereocenters. The molecule has 0 aliphatic heterocycles. The molecule has 3 aromatic carbocycles. The molecular formula is C19H14O. The Labute approximate surface area is 117 Å². The van der Waals surface area contributed by atoms with Crippen LogP contribution in [0.1, 0.15) is 11.1 Å². The van der Waals surface area contributed by atoms with E-state index in [1.807, 2.05) is 12.3 Å². The van der Waals surface area contributed by atoms with Gasteiger partial charge in [0.15, 0.2) is 0 Å². The smallest absolute Gasteiger partial charge is 0.134 e. The fraction of sp³-hybridized carbons (Fsp3) is 0.0526. The van der Waals surface area contributed by atoms with Gasteiger partial charge in [0, 0.05) is 17.4 Å². The first-order chi connectivity index (χ1) is 9.92. The Balaban J connectivity index is 1.94. The Morgan fingerprint density at radius 2 is 1.55 bits per heavy atom. The molecule has 0 amide bonds. The van der Waals surface area contributed by atoms with Crippen LogP contribution in [0.15, 0.2) is 77.4 Å². The minimum atomic E-state index is 0.905. The van der Waals surface area contributed by atoms with Crippen LogP contribution in [-0.4, -0.2) is 0 Å². The van der Waals surface area contributed by atoms with E-state index in [4.69, 9.17) is 4.42 Å². The van der Waals surface area contributed by atoms with Crippen molar-refractivity contribution in [1.29, 1.82) is 0 Å². The monoisotopic (exact) mass is 258 g/mol.